The quantitative estimate of drug-likeness (QED) is 0.699. The number of rotatable bonds is 6. The van der Waals surface area contributed by atoms with Gasteiger partial charge in [0, 0.05) is 13.5 Å². The Hall–Kier alpha value is -3.59. The summed E-state index contributed by atoms with van der Waals surface area (Å²) in [6.45, 7) is 0. The van der Waals surface area contributed by atoms with Crippen LogP contribution in [-0.2, 0) is 10.5 Å². The van der Waals surface area contributed by atoms with Gasteiger partial charge in [-0.2, -0.15) is 5.10 Å². The van der Waals surface area contributed by atoms with Crippen LogP contribution < -0.4 is 21.5 Å². The molecule has 146 valence electrons. The van der Waals surface area contributed by atoms with Gasteiger partial charge in [-0.25, -0.2) is 9.48 Å². The minimum absolute atomic E-state index is 0.107. The normalized spacial score (nSPS) is 18.4. The van der Waals surface area contributed by atoms with Crippen LogP contribution in [0.3, 0.4) is 0 Å². The number of amides is 3. The maximum absolute atomic E-state index is 11.7. The number of hydrogen-bond donors (Lipinski definition) is 3. The van der Waals surface area contributed by atoms with E-state index in [1.165, 1.54) is 18.0 Å². The van der Waals surface area contributed by atoms with Crippen molar-refractivity contribution in [1.82, 2.24) is 9.78 Å². The summed E-state index contributed by atoms with van der Waals surface area (Å²) in [5.74, 6) is -0.0338. The van der Waals surface area contributed by atoms with E-state index < -0.39 is 17.7 Å². The average Bonchev–Trinajstić information content (AvgIpc) is 3.12. The fraction of sp³-hybridized carbons (Fsp3) is 0.211. The third kappa shape index (κ3) is 3.60. The van der Waals surface area contributed by atoms with Crippen molar-refractivity contribution in [1.29, 1.82) is 0 Å². The highest BCUT2D eigenvalue weighted by molar-refractivity contribution is 6.00. The molecule has 5 N–H and O–H groups in total. The van der Waals surface area contributed by atoms with Crippen LogP contribution in [0.4, 0.5) is 10.5 Å². The second-order valence-corrected chi connectivity index (χ2v) is 6.19. The summed E-state index contributed by atoms with van der Waals surface area (Å²) in [6.07, 6.45) is 7.53. The minimum atomic E-state index is -1.01. The van der Waals surface area contributed by atoms with Gasteiger partial charge in [0.25, 0.3) is 5.91 Å². The summed E-state index contributed by atoms with van der Waals surface area (Å²) < 4.78 is 12.4. The standard InChI is InChI=1S/C19H21N5O4/c1-27-14-7-5-12(6-8-14)13-4-3-9-19(10-13,28-2)24-11-15(22-18(21)26)16(23-24)17(20)25/h3-9,11H,10H2,1-2H3,(H2,20,25)(H3,21,22,26). The maximum Gasteiger partial charge on any atom is 0.316 e. The molecule has 1 aliphatic rings. The lowest BCUT2D eigenvalue weighted by atomic mass is 9.91. The van der Waals surface area contributed by atoms with E-state index in [2.05, 4.69) is 10.4 Å². The van der Waals surface area contributed by atoms with Crippen molar-refractivity contribution in [2.75, 3.05) is 19.5 Å². The third-order valence-electron chi connectivity index (χ3n) is 4.51. The van der Waals surface area contributed by atoms with Crippen LogP contribution in [0.1, 0.15) is 22.5 Å². The number of benzene rings is 1. The number of primary amides is 2. The van der Waals surface area contributed by atoms with Crippen molar-refractivity contribution < 1.29 is 19.1 Å². The Bertz CT molecular complexity index is 961. The number of nitrogens with zero attached hydrogens (tertiary/aromatic N) is 2. The molecule has 0 aliphatic heterocycles. The van der Waals surface area contributed by atoms with Gasteiger partial charge < -0.3 is 26.3 Å². The Morgan fingerprint density at radius 3 is 2.50 bits per heavy atom. The van der Waals surface area contributed by atoms with Gasteiger partial charge in [0.15, 0.2) is 11.4 Å². The number of nitrogens with one attached hydrogen (secondary N) is 1. The van der Waals surface area contributed by atoms with Crippen molar-refractivity contribution in [2.45, 2.75) is 12.1 Å². The van der Waals surface area contributed by atoms with Crippen LogP contribution in [0.5, 0.6) is 5.75 Å². The number of methoxy groups -OCH3 is 2. The fourth-order valence-electron chi connectivity index (χ4n) is 3.07. The first kappa shape index (κ1) is 19.2. The van der Waals surface area contributed by atoms with E-state index in [0.29, 0.717) is 6.42 Å². The van der Waals surface area contributed by atoms with Gasteiger partial charge in [0.1, 0.15) is 5.75 Å². The molecule has 1 aliphatic carbocycles. The number of hydrogen-bond acceptors (Lipinski definition) is 5. The van der Waals surface area contributed by atoms with Crippen LogP contribution in [0.25, 0.3) is 5.57 Å². The first-order valence-corrected chi connectivity index (χ1v) is 8.43. The molecule has 0 spiro atoms. The van der Waals surface area contributed by atoms with Crippen LogP contribution in [-0.4, -0.2) is 35.9 Å². The number of aromatic nitrogens is 2. The second-order valence-electron chi connectivity index (χ2n) is 6.19. The highest BCUT2D eigenvalue weighted by atomic mass is 16.5. The molecule has 3 amide bonds. The number of urea groups is 1. The zero-order valence-corrected chi connectivity index (χ0v) is 15.5. The van der Waals surface area contributed by atoms with Crippen LogP contribution in [0.2, 0.25) is 0 Å². The van der Waals surface area contributed by atoms with E-state index in [9.17, 15) is 9.59 Å². The molecule has 9 nitrogen and oxygen atoms in total. The zero-order chi connectivity index (χ0) is 20.3. The minimum Gasteiger partial charge on any atom is -0.497 e. The van der Waals surface area contributed by atoms with Crippen LogP contribution in [0, 0.1) is 0 Å². The van der Waals surface area contributed by atoms with Gasteiger partial charge in [0.2, 0.25) is 0 Å². The Morgan fingerprint density at radius 1 is 1.21 bits per heavy atom. The molecular weight excluding hydrogens is 362 g/mol. The van der Waals surface area contributed by atoms with Gasteiger partial charge in [-0.05, 0) is 29.3 Å². The van der Waals surface area contributed by atoms with Gasteiger partial charge in [-0.1, -0.05) is 24.3 Å². The molecule has 28 heavy (non-hydrogen) atoms. The van der Waals surface area contributed by atoms with Crippen LogP contribution >= 0.6 is 0 Å². The van der Waals surface area contributed by atoms with E-state index in [1.807, 2.05) is 42.5 Å². The smallest absolute Gasteiger partial charge is 0.316 e. The van der Waals surface area contributed by atoms with Crippen molar-refractivity contribution in [3.05, 3.63) is 59.9 Å². The first-order chi connectivity index (χ1) is 13.4. The number of ether oxygens (including phenoxy) is 2. The molecule has 0 radical (unpaired) electrons. The lowest BCUT2D eigenvalue weighted by Crippen LogP contribution is -2.36. The van der Waals surface area contributed by atoms with E-state index in [-0.39, 0.29) is 11.4 Å². The number of carbonyl (C=O) groups excluding carboxylic acids is 2. The van der Waals surface area contributed by atoms with Gasteiger partial charge in [-0.3, -0.25) is 4.79 Å². The molecule has 3 rings (SSSR count). The largest absolute Gasteiger partial charge is 0.497 e. The molecular formula is C19H21N5O4. The molecule has 0 saturated heterocycles. The van der Waals surface area contributed by atoms with E-state index in [4.69, 9.17) is 20.9 Å². The summed E-state index contributed by atoms with van der Waals surface area (Å²) in [5, 5.41) is 6.59. The molecule has 1 unspecified atom stereocenters. The second kappa shape index (κ2) is 7.57. The van der Waals surface area contributed by atoms with Crippen molar-refractivity contribution in [3.63, 3.8) is 0 Å². The Morgan fingerprint density at radius 2 is 1.93 bits per heavy atom. The Balaban J connectivity index is 1.97. The molecule has 1 atom stereocenters. The summed E-state index contributed by atoms with van der Waals surface area (Å²) in [7, 11) is 3.15. The van der Waals surface area contributed by atoms with E-state index in [0.717, 1.165) is 16.9 Å². The molecule has 0 saturated carbocycles. The Labute approximate surface area is 161 Å². The van der Waals surface area contributed by atoms with Crippen molar-refractivity contribution >= 4 is 23.2 Å². The summed E-state index contributed by atoms with van der Waals surface area (Å²) in [6, 6.07) is 6.81. The highest BCUT2D eigenvalue weighted by Gasteiger charge is 2.35. The molecule has 1 aromatic carbocycles. The maximum atomic E-state index is 11.7. The van der Waals surface area contributed by atoms with Gasteiger partial charge in [0.05, 0.1) is 19.0 Å². The highest BCUT2D eigenvalue weighted by Crippen LogP contribution is 2.37. The van der Waals surface area contributed by atoms with Crippen molar-refractivity contribution in [2.24, 2.45) is 11.5 Å². The monoisotopic (exact) mass is 383 g/mol. The summed E-state index contributed by atoms with van der Waals surface area (Å²) >= 11 is 0. The van der Waals surface area contributed by atoms with Crippen LogP contribution in [0.15, 0.2) is 48.7 Å². The topological polar surface area (TPSA) is 134 Å². The number of anilines is 1. The molecule has 0 fully saturated rings. The molecule has 1 aromatic heterocycles. The van der Waals surface area contributed by atoms with Crippen molar-refractivity contribution in [3.8, 4) is 5.75 Å². The lowest BCUT2D eigenvalue weighted by molar-refractivity contribution is -0.0406. The summed E-state index contributed by atoms with van der Waals surface area (Å²) in [5.41, 5.74) is 11.5. The number of nitrogens with two attached hydrogens (primary N) is 2. The van der Waals surface area contributed by atoms with Gasteiger partial charge >= 0.3 is 6.03 Å². The molecule has 2 aromatic rings. The first-order valence-electron chi connectivity index (χ1n) is 8.43. The molecule has 0 bridgehead atoms. The number of allylic oxidation sites excluding steroid dienone is 2. The predicted octanol–water partition coefficient (Wildman–Crippen LogP) is 1.82. The molecule has 9 heteroatoms. The SMILES string of the molecule is COc1ccc(C2=CC=CC(OC)(n3cc(NC(N)=O)c(C(N)=O)n3)C2)cc1. The van der Waals surface area contributed by atoms with Gasteiger partial charge in [-0.15, -0.1) is 0 Å². The Kier molecular flexibility index (Phi) is 5.18. The average molecular weight is 383 g/mol. The fourth-order valence-corrected chi connectivity index (χ4v) is 3.07. The van der Waals surface area contributed by atoms with E-state index in [1.54, 1.807) is 7.11 Å². The molecule has 1 heterocycles. The summed E-state index contributed by atoms with van der Waals surface area (Å²) in [4.78, 5) is 22.9. The lowest BCUT2D eigenvalue weighted by Gasteiger charge is -2.32. The van der Waals surface area contributed by atoms with E-state index >= 15 is 0 Å². The number of carbonyl (C=O) groups is 2. The third-order valence-corrected chi connectivity index (χ3v) is 4.51. The predicted molar refractivity (Wildman–Crippen MR) is 104 cm³/mol. The zero-order valence-electron chi connectivity index (χ0n) is 15.5.